The number of rotatable bonds is 25. The molecule has 11 aliphatic rings. The number of aryl methyl sites for hydroxylation is 2. The number of urea groups is 1. The van der Waals surface area contributed by atoms with Gasteiger partial charge < -0.3 is 143 Å². The standard InChI is InChI=1S/C93H118ClN13O25/c1-10-97-18-20-125-55-34-53(35-56(37-55)126-21-19-98-11-2)99-92(124)101-68(111)38-61-85(118)103-73-52-32-65(128-63-16-13-48(23-42(63)5)77(112)75(89(122)100-61)106-84(117)60(96-9)22-41(3)4)81(132-91-82(80(115)79(114)67(40-108)130-91)131-69-39-93(8,95)83(116)44(7)127-69)66(33-52)129-64-17-14-49(31-59(64)94)78(113)76-90(123)105-74(88(121)102-71-50-26-45-25-46(28-50)29-51(71)27-45)58-36-54(109)24-43(6)70(58)57-30-47(12-15-62(57)110)72(86(119)107-76)104-87(73)120/h12-17,23-24,30-37,41,44-46,50-51,60-61,67,69,71-80,82-83,91,96-98,108-110,112-116H,10-11,18-22,25-29,38-40,95H2,1-9H3,(H,100,122)(H,102,121)(H,103,118)(H,104,120)(H,105,123)(H,106,117)(H,107,119)(H2,99,101,111,124)/t44-,45?,46?,50?,51?,60+,61-,67+,69-,71?,72+,73+,74-,75+,76-,77+,78+,79+,80-,82+,83+,91-,93-/m0/s1. The number of aliphatic hydroxyl groups excluding tert-OH is 6. The predicted molar refractivity (Wildman–Crippen MR) is 476 cm³/mol. The molecule has 6 aromatic rings. The molecular formula is C93H118ClN13O25. The van der Waals surface area contributed by atoms with Gasteiger partial charge in [-0.25, -0.2) is 4.79 Å². The Morgan fingerprint density at radius 1 is 0.659 bits per heavy atom. The van der Waals surface area contributed by atoms with Crippen molar-refractivity contribution in [1.29, 1.82) is 0 Å². The first kappa shape index (κ1) is 97.0. The van der Waals surface area contributed by atoms with Gasteiger partial charge in [-0.05, 0) is 221 Å². The Bertz CT molecular complexity index is 5240. The zero-order valence-electron chi connectivity index (χ0n) is 74.6. The van der Waals surface area contributed by atoms with Crippen LogP contribution in [0.15, 0.2) is 97.1 Å². The fourth-order valence-corrected chi connectivity index (χ4v) is 19.5. The molecule has 0 spiro atoms. The number of carbonyl (C=O) groups excluding carboxylic acids is 9. The second kappa shape index (κ2) is 41.6. The number of amides is 10. The number of phenolic OH excluding ortho intramolecular Hbond substituents is 2. The largest absolute Gasteiger partial charge is 0.508 e. The van der Waals surface area contributed by atoms with Gasteiger partial charge in [-0.2, -0.15) is 0 Å². The van der Waals surface area contributed by atoms with E-state index in [1.54, 1.807) is 13.0 Å². The molecule has 712 valence electrons. The lowest BCUT2D eigenvalue weighted by molar-refractivity contribution is -0.333. The molecule has 38 nitrogen and oxygen atoms in total. The monoisotopic (exact) mass is 1850 g/mol. The Labute approximate surface area is 766 Å². The summed E-state index contributed by atoms with van der Waals surface area (Å²) in [7, 11) is 1.50. The van der Waals surface area contributed by atoms with Crippen LogP contribution < -0.4 is 93.2 Å². The number of aliphatic hydroxyl groups is 6. The lowest BCUT2D eigenvalue weighted by atomic mass is 9.54. The minimum atomic E-state index is -2.38. The molecule has 6 aromatic carbocycles. The van der Waals surface area contributed by atoms with E-state index in [4.69, 9.17) is 55.2 Å². The zero-order valence-corrected chi connectivity index (χ0v) is 75.4. The van der Waals surface area contributed by atoms with Crippen molar-refractivity contribution in [2.75, 3.05) is 58.4 Å². The highest BCUT2D eigenvalue weighted by Gasteiger charge is 2.53. The van der Waals surface area contributed by atoms with E-state index < -0.39 is 204 Å². The average Bonchev–Trinajstić information content (AvgIpc) is 0.752. The van der Waals surface area contributed by atoms with E-state index in [0.717, 1.165) is 44.2 Å². The molecule has 0 unspecified atom stereocenters. The number of nitrogens with two attached hydrogens (primary N) is 1. The Hall–Kier alpha value is -11.1. The molecule has 6 fully saturated rings. The number of carbonyl (C=O) groups is 9. The molecule has 7 aliphatic heterocycles. The van der Waals surface area contributed by atoms with Gasteiger partial charge >= 0.3 is 6.03 Å². The highest BCUT2D eigenvalue weighted by Crippen LogP contribution is 2.55. The van der Waals surface area contributed by atoms with Crippen LogP contribution in [0.5, 0.6) is 51.7 Å². The zero-order chi connectivity index (χ0) is 94.6. The van der Waals surface area contributed by atoms with Gasteiger partial charge in [0.2, 0.25) is 59.3 Å². The molecule has 15 bridgehead atoms. The molecule has 22 N–H and O–H groups in total. The molecule has 4 saturated carbocycles. The number of phenols is 2. The van der Waals surface area contributed by atoms with Crippen molar-refractivity contribution in [3.63, 3.8) is 0 Å². The summed E-state index contributed by atoms with van der Waals surface area (Å²) in [5.41, 5.74) is 4.70. The molecular weight excluding hydrogens is 1730 g/mol. The van der Waals surface area contributed by atoms with Gasteiger partial charge in [-0.1, -0.05) is 57.5 Å². The summed E-state index contributed by atoms with van der Waals surface area (Å²) in [6, 6.07) is 5.36. The van der Waals surface area contributed by atoms with Crippen LogP contribution in [0, 0.1) is 43.4 Å². The molecule has 2 saturated heterocycles. The minimum absolute atomic E-state index is 0.0506. The number of halogens is 1. The third-order valence-electron chi connectivity index (χ3n) is 25.8. The van der Waals surface area contributed by atoms with Crippen molar-refractivity contribution in [3.05, 3.63) is 141 Å². The van der Waals surface area contributed by atoms with Crippen molar-refractivity contribution in [3.8, 4) is 62.9 Å². The van der Waals surface area contributed by atoms with Crippen molar-refractivity contribution < 1.29 is 122 Å². The van der Waals surface area contributed by atoms with E-state index in [1.807, 2.05) is 27.7 Å². The van der Waals surface area contributed by atoms with Gasteiger partial charge in [-0.15, -0.1) is 0 Å². The highest BCUT2D eigenvalue weighted by atomic mass is 35.5. The van der Waals surface area contributed by atoms with Crippen molar-refractivity contribution in [2.24, 2.45) is 35.3 Å². The maximum absolute atomic E-state index is 16.8. The molecule has 17 rings (SSSR count). The van der Waals surface area contributed by atoms with Crippen molar-refractivity contribution >= 4 is 70.6 Å². The molecule has 39 heteroatoms. The van der Waals surface area contributed by atoms with Crippen LogP contribution in [-0.4, -0.2) is 232 Å². The minimum Gasteiger partial charge on any atom is -0.508 e. The van der Waals surface area contributed by atoms with Gasteiger partial charge in [0.1, 0.15) is 114 Å². The number of nitrogens with one attached hydrogen (secondary N) is 12. The van der Waals surface area contributed by atoms with Gasteiger partial charge in [0.25, 0.3) is 0 Å². The second-order valence-corrected chi connectivity index (χ2v) is 36.5. The van der Waals surface area contributed by atoms with Crippen LogP contribution in [0.4, 0.5) is 10.5 Å². The first-order valence-electron chi connectivity index (χ1n) is 44.7. The lowest BCUT2D eigenvalue weighted by Crippen LogP contribution is -2.64. The number of hydrogen-bond acceptors (Lipinski definition) is 29. The molecule has 7 heterocycles. The number of fused-ring (bicyclic) bond motifs is 15. The van der Waals surface area contributed by atoms with E-state index in [-0.39, 0.29) is 134 Å². The predicted octanol–water partition coefficient (Wildman–Crippen LogP) is 4.06. The van der Waals surface area contributed by atoms with Crippen LogP contribution in [0.1, 0.15) is 162 Å². The van der Waals surface area contributed by atoms with E-state index in [9.17, 15) is 55.2 Å². The summed E-state index contributed by atoms with van der Waals surface area (Å²) in [5.74, 6) is -11.0. The van der Waals surface area contributed by atoms with Gasteiger partial charge in [0.05, 0.1) is 36.3 Å². The fraction of sp³-hybridized carbons (Fsp3) is 0.516. The van der Waals surface area contributed by atoms with Gasteiger partial charge in [0.15, 0.2) is 23.9 Å². The number of benzene rings is 6. The Balaban J connectivity index is 0.949. The third-order valence-corrected chi connectivity index (χ3v) is 26.0. The Kier molecular flexibility index (Phi) is 30.6. The van der Waals surface area contributed by atoms with Crippen LogP contribution >= 0.6 is 11.6 Å². The van der Waals surface area contributed by atoms with Crippen LogP contribution in [-0.2, 0) is 52.6 Å². The van der Waals surface area contributed by atoms with E-state index in [1.165, 1.54) is 107 Å². The SMILES string of the molecule is CCNCCOc1cc(NC(=O)NC(=O)C[C@@H]2NC(=O)[C@H](NC(=O)[C@@H](CC(C)C)NC)[C@H](O)c3ccc(c(C)c3)Oc3cc4cc(c3O[C@@H]3O[C@H](CO)[C@@H](O)[C@H](O)[C@H]3O[C@H]3C[C@](C)(N)[C@H](O)[C@H](C)O3)Oc3ccc(cc3Cl)[C@@H](O)[C@@H]3NC(=O)[C@H](NC(=O)[C@@H]4NC2=O)c2ccc(O)c(c2)-c2c(C)cc(O)cc2[C@@H](C(=O)NC2C4CC5CC(C4)CC2C5)NC3=O)cc(OCCNCC)c1. The maximum atomic E-state index is 16.8. The van der Waals surface area contributed by atoms with Crippen LogP contribution in [0.2, 0.25) is 5.02 Å². The van der Waals surface area contributed by atoms with Crippen LogP contribution in [0.25, 0.3) is 11.1 Å². The summed E-state index contributed by atoms with van der Waals surface area (Å²) >= 11 is 7.36. The Morgan fingerprint density at radius 2 is 1.28 bits per heavy atom. The van der Waals surface area contributed by atoms with Gasteiger partial charge in [-0.3, -0.25) is 43.7 Å². The van der Waals surface area contributed by atoms with Crippen molar-refractivity contribution in [1.82, 2.24) is 58.5 Å². The van der Waals surface area contributed by atoms with Crippen LogP contribution in [0.3, 0.4) is 0 Å². The summed E-state index contributed by atoms with van der Waals surface area (Å²) in [6.07, 6.45) is -14.1. The van der Waals surface area contributed by atoms with E-state index in [2.05, 4.69) is 63.8 Å². The average molecular weight is 1850 g/mol. The molecule has 18 atom stereocenters. The first-order chi connectivity index (χ1) is 63.0. The lowest BCUT2D eigenvalue weighted by Gasteiger charge is -2.54. The number of likely N-dealkylation sites (N-methyl/N-ethyl adjacent to an activating group) is 3. The molecule has 132 heavy (non-hydrogen) atoms. The summed E-state index contributed by atoms with van der Waals surface area (Å²) in [4.78, 5) is 141. The topological polar surface area (TPSA) is 560 Å². The second-order valence-electron chi connectivity index (χ2n) is 36.1. The molecule has 0 radical (unpaired) electrons. The normalized spacial score (nSPS) is 29.3. The number of ether oxygens (including phenoxy) is 8. The fourth-order valence-electron chi connectivity index (χ4n) is 19.3. The number of hydrogen-bond donors (Lipinski definition) is 21. The number of imide groups is 1. The maximum Gasteiger partial charge on any atom is 0.325 e. The Morgan fingerprint density at radius 3 is 1.90 bits per heavy atom. The first-order valence-corrected chi connectivity index (χ1v) is 45.1. The smallest absolute Gasteiger partial charge is 0.325 e. The molecule has 10 amide bonds. The third kappa shape index (κ3) is 21.9. The van der Waals surface area contributed by atoms with E-state index in [0.29, 0.717) is 38.0 Å². The number of anilines is 1. The quantitative estimate of drug-likeness (QED) is 0.0359. The molecule has 4 aliphatic carbocycles. The van der Waals surface area contributed by atoms with Crippen molar-refractivity contribution in [2.45, 2.75) is 222 Å². The van der Waals surface area contributed by atoms with E-state index >= 15 is 28.8 Å². The molecule has 0 aromatic heterocycles. The summed E-state index contributed by atoms with van der Waals surface area (Å²) < 4.78 is 51.6. The highest BCUT2D eigenvalue weighted by molar-refractivity contribution is 6.32. The number of aromatic hydroxyl groups is 2. The summed E-state index contributed by atoms with van der Waals surface area (Å²) in [6.45, 7) is 15.3. The summed E-state index contributed by atoms with van der Waals surface area (Å²) in [5, 5.41) is 129. The van der Waals surface area contributed by atoms with Gasteiger partial charge in [0, 0.05) is 60.5 Å².